The van der Waals surface area contributed by atoms with Crippen LogP contribution in [0.4, 0.5) is 0 Å². The van der Waals surface area contributed by atoms with Crippen LogP contribution in [0.5, 0.6) is 69.0 Å². The summed E-state index contributed by atoms with van der Waals surface area (Å²) in [5, 5.41) is 18.2. The zero-order chi connectivity index (χ0) is 96.6. The summed E-state index contributed by atoms with van der Waals surface area (Å²) in [5.41, 5.74) is 17.6. The van der Waals surface area contributed by atoms with Crippen LogP contribution >= 0.6 is 0 Å². The summed E-state index contributed by atoms with van der Waals surface area (Å²) >= 11 is 0. The van der Waals surface area contributed by atoms with Crippen molar-refractivity contribution in [1.82, 2.24) is 21.3 Å². The van der Waals surface area contributed by atoms with Crippen molar-refractivity contribution in [2.45, 2.75) is 203 Å². The molecule has 4 N–H and O–H groups in total. The number of rotatable bonds is 40. The molecule has 0 aliphatic carbocycles. The molecule has 5 aliphatic rings. The van der Waals surface area contributed by atoms with E-state index < -0.39 is 0 Å². The average Bonchev–Trinajstić information content (AvgIpc) is 1.61. The Balaban J connectivity index is 0.593. The Hall–Kier alpha value is -15.0. The maximum absolute atomic E-state index is 6.84. The summed E-state index contributed by atoms with van der Waals surface area (Å²) in [5.74, 6) is 9.28. The van der Waals surface area contributed by atoms with E-state index in [4.69, 9.17) is 56.8 Å². The van der Waals surface area contributed by atoms with Crippen molar-refractivity contribution in [3.8, 4) is 69.0 Å². The minimum atomic E-state index is 0.0981. The van der Waals surface area contributed by atoms with Gasteiger partial charge < -0.3 is 78.1 Å². The summed E-state index contributed by atoms with van der Waals surface area (Å²) in [6.45, 7) is 4.65. The van der Waals surface area contributed by atoms with E-state index in [0.717, 1.165) is 141 Å². The molecule has 0 spiro atoms. The van der Waals surface area contributed by atoms with Crippen molar-refractivity contribution >= 4 is 0 Å². The summed E-state index contributed by atoms with van der Waals surface area (Å²) in [6, 6.07) is 144. The van der Waals surface area contributed by atoms with Gasteiger partial charge in [0, 0.05) is 96.3 Å². The Morgan fingerprint density at radius 3 is 0.396 bits per heavy atom. The zero-order valence-electron chi connectivity index (χ0n) is 81.2. The third kappa shape index (κ3) is 25.5. The van der Waals surface area contributed by atoms with Gasteiger partial charge >= 0.3 is 0 Å². The predicted molar refractivity (Wildman–Crippen MR) is 566 cm³/mol. The van der Waals surface area contributed by atoms with Gasteiger partial charge in [0.25, 0.3) is 0 Å². The molecular weight excluding hydrogens is 1790 g/mol. The van der Waals surface area contributed by atoms with Crippen molar-refractivity contribution in [2.24, 2.45) is 0 Å². The van der Waals surface area contributed by atoms with Crippen LogP contribution in [-0.2, 0) is 79.3 Å². The smallest absolute Gasteiger partial charge is 0.123 e. The van der Waals surface area contributed by atoms with Gasteiger partial charge in [-0.15, -0.1) is 0 Å². The lowest BCUT2D eigenvalue weighted by molar-refractivity contribution is 0.281. The van der Waals surface area contributed by atoms with Crippen molar-refractivity contribution in [3.63, 3.8) is 0 Å². The highest BCUT2D eigenvalue weighted by molar-refractivity contribution is 5.47. The molecule has 8 unspecified atom stereocenters. The average molecular weight is 1910 g/mol. The maximum Gasteiger partial charge on any atom is 0.123 e. The van der Waals surface area contributed by atoms with Gasteiger partial charge in [-0.3, -0.25) is 0 Å². The van der Waals surface area contributed by atoms with Crippen LogP contribution in [0.1, 0.15) is 164 Å². The molecule has 16 heteroatoms. The molecular formula is C128H124N4O12. The van der Waals surface area contributed by atoms with E-state index >= 15 is 0 Å². The second kappa shape index (κ2) is 47.2. The number of hydrogen-bond donors (Lipinski definition) is 4. The van der Waals surface area contributed by atoms with Crippen LogP contribution in [0.25, 0.3) is 0 Å². The van der Waals surface area contributed by atoms with Crippen molar-refractivity contribution in [3.05, 3.63) is 502 Å². The number of ether oxygens (including phenoxy) is 12. The van der Waals surface area contributed by atoms with Crippen molar-refractivity contribution in [1.29, 1.82) is 0 Å². The van der Waals surface area contributed by atoms with Gasteiger partial charge in [-0.25, -0.2) is 0 Å². The van der Waals surface area contributed by atoms with Gasteiger partial charge in [0.1, 0.15) is 148 Å². The number of fused-ring (bicyclic) bond motifs is 8. The molecule has 5 aliphatic heterocycles. The van der Waals surface area contributed by atoms with E-state index in [1.807, 2.05) is 170 Å². The normalized spacial score (nSPS) is 19.9. The summed E-state index contributed by atoms with van der Waals surface area (Å²) in [6.07, 6.45) is 7.93. The van der Waals surface area contributed by atoms with Gasteiger partial charge in [-0.05, 0) is 237 Å². The van der Waals surface area contributed by atoms with E-state index in [9.17, 15) is 0 Å². The monoisotopic (exact) mass is 1910 g/mol. The molecule has 16 aromatic rings. The van der Waals surface area contributed by atoms with Gasteiger partial charge in [0.15, 0.2) is 0 Å². The molecule has 16 nitrogen and oxygen atoms in total. The van der Waals surface area contributed by atoms with E-state index in [0.29, 0.717) is 125 Å². The SMILES string of the molecule is c1ccc(COc2cc(COc3ccc(C4C5CCC(N5)C(c5ccc(OCc6cc(OCc7ccccc7)cc(OCc7ccccc7)c6)cc5)C5CCC(N5)C(c5ccc(OCc6cc(OCc7ccccc7)cc(OCc7ccccc7)c6)cc5)C5CCC(N5)C(c5ccc(OCc6cc(OCc7ccccc7)cc(OCc7ccccc7)c6)cc5)C5CCC4N5)cc3)cc(OCc3ccccc3)c2)cc1. The molecule has 144 heavy (non-hydrogen) atoms. The fourth-order valence-corrected chi connectivity index (χ4v) is 21.7. The zero-order valence-corrected chi connectivity index (χ0v) is 81.2. The Bertz CT molecular complexity index is 5630. The highest BCUT2D eigenvalue weighted by Crippen LogP contribution is 2.48. The first-order valence-corrected chi connectivity index (χ1v) is 51.1. The highest BCUT2D eigenvalue weighted by Gasteiger charge is 2.50. The fourth-order valence-electron chi connectivity index (χ4n) is 21.7. The lowest BCUT2D eigenvalue weighted by Gasteiger charge is -2.37. The van der Waals surface area contributed by atoms with E-state index in [-0.39, 0.29) is 72.0 Å². The summed E-state index contributed by atoms with van der Waals surface area (Å²) in [4.78, 5) is 0. The molecule has 16 aromatic carbocycles. The number of nitrogens with one attached hydrogen (secondary N) is 4. The van der Waals surface area contributed by atoms with Crippen LogP contribution in [0.15, 0.2) is 413 Å². The van der Waals surface area contributed by atoms with E-state index in [2.05, 4.69) is 264 Å². The molecule has 0 aromatic heterocycles. The lowest BCUT2D eigenvalue weighted by Crippen LogP contribution is -2.51. The first-order valence-electron chi connectivity index (χ1n) is 51.1. The van der Waals surface area contributed by atoms with Gasteiger partial charge in [0.2, 0.25) is 0 Å². The number of benzene rings is 16. The Morgan fingerprint density at radius 1 is 0.132 bits per heavy atom. The molecule has 8 atom stereocenters. The molecule has 21 rings (SSSR count). The fraction of sp³-hybridized carbons (Fsp3) is 0.250. The van der Waals surface area contributed by atoms with Gasteiger partial charge in [0.05, 0.1) is 0 Å². The van der Waals surface area contributed by atoms with Crippen LogP contribution in [0.3, 0.4) is 0 Å². The molecule has 5 fully saturated rings. The Morgan fingerprint density at radius 2 is 0.257 bits per heavy atom. The lowest BCUT2D eigenvalue weighted by atomic mass is 9.82. The van der Waals surface area contributed by atoms with Crippen LogP contribution in [0.2, 0.25) is 0 Å². The number of hydrogen-bond acceptors (Lipinski definition) is 16. The van der Waals surface area contributed by atoms with Crippen LogP contribution in [0, 0.1) is 0 Å². The van der Waals surface area contributed by atoms with Gasteiger partial charge in [-0.2, -0.15) is 0 Å². The third-order valence-electron chi connectivity index (χ3n) is 28.8. The van der Waals surface area contributed by atoms with Crippen LogP contribution < -0.4 is 78.1 Å². The minimum Gasteiger partial charge on any atom is -0.489 e. The topological polar surface area (TPSA) is 159 Å². The second-order valence-electron chi connectivity index (χ2n) is 38.8. The minimum absolute atomic E-state index is 0.0981. The van der Waals surface area contributed by atoms with Crippen molar-refractivity contribution < 1.29 is 56.8 Å². The molecule has 5 saturated heterocycles. The van der Waals surface area contributed by atoms with Gasteiger partial charge in [-0.1, -0.05) is 291 Å². The van der Waals surface area contributed by atoms with Crippen LogP contribution in [-0.4, -0.2) is 48.3 Å². The largest absolute Gasteiger partial charge is 0.489 e. The first kappa shape index (κ1) is 95.2. The highest BCUT2D eigenvalue weighted by atomic mass is 16.5. The molecule has 8 bridgehead atoms. The quantitative estimate of drug-likeness (QED) is 0.0287. The molecule has 728 valence electrons. The standard InChI is InChI=1S/C128H124N4O12/c1-9-25-89(26-10-1)77-137-109-65-97(66-110(73-109)138-78-90-27-11-2-12-28-90)85-133-105-49-41-101(42-50-105)125-117-57-59-119(129-117)126(102-43-51-106(52-44-102)134-86-98-67-111(139-79-91-29-13-3-14-30-91)74-112(68-98)140-80-92-31-15-4-16-32-92)121-61-63-123(131-121)128(104-47-55-108(56-48-104)136-88-100-71-115(143-83-95-37-21-7-22-38-95)76-116(72-100)144-84-96-39-23-8-24-40-96)124-64-62-122(132-124)127(120-60-58-118(125)130-120)103-45-53-107(54-46-103)135-87-99-69-113(141-81-93-33-17-5-18-34-93)75-114(70-99)142-82-94-35-19-6-20-36-94/h1-56,65-76,117-132H,57-64,77-88H2. The summed E-state index contributed by atoms with van der Waals surface area (Å²) < 4.78 is 79.2. The molecule has 5 heterocycles. The molecule has 0 radical (unpaired) electrons. The maximum atomic E-state index is 6.84. The molecule has 0 amide bonds. The molecule has 0 saturated carbocycles. The second-order valence-corrected chi connectivity index (χ2v) is 38.8. The predicted octanol–water partition coefficient (Wildman–Crippen LogP) is 26.6. The Kier molecular flexibility index (Phi) is 31.2. The first-order chi connectivity index (χ1) is 71.2. The van der Waals surface area contributed by atoms with Crippen molar-refractivity contribution in [2.75, 3.05) is 0 Å². The van der Waals surface area contributed by atoms with E-state index in [1.165, 1.54) is 22.3 Å². The summed E-state index contributed by atoms with van der Waals surface area (Å²) in [7, 11) is 0. The third-order valence-corrected chi connectivity index (χ3v) is 28.8. The van der Waals surface area contributed by atoms with E-state index in [1.54, 1.807) is 0 Å². The Labute approximate surface area is 845 Å².